The maximum Gasteiger partial charge on any atom is 0.191 e. The molecule has 3 saturated heterocycles. The van der Waals surface area contributed by atoms with E-state index in [1.54, 1.807) is 0 Å². The minimum atomic E-state index is 0.205. The molecule has 2 N–H and O–H groups in total. The molecule has 4 rings (SSSR count). The minimum Gasteiger partial charge on any atom is -0.379 e. The maximum absolute atomic E-state index is 5.59. The van der Waals surface area contributed by atoms with E-state index in [-0.39, 0.29) is 11.6 Å². The van der Waals surface area contributed by atoms with E-state index in [2.05, 4.69) is 68.4 Å². The molecule has 3 aliphatic rings. The number of benzene rings is 1. The summed E-state index contributed by atoms with van der Waals surface area (Å²) in [6.07, 6.45) is 3.84. The SMILES string of the molecule is CN=C(NCC1(N2CCOCC2)CCSC1)NC(C)c1cccc(N2CCCC2)c1. The van der Waals surface area contributed by atoms with Crippen molar-refractivity contribution < 1.29 is 4.74 Å². The Morgan fingerprint density at radius 1 is 1.23 bits per heavy atom. The summed E-state index contributed by atoms with van der Waals surface area (Å²) in [5.41, 5.74) is 2.86. The molecule has 0 amide bonds. The number of hydrogen-bond donors (Lipinski definition) is 2. The third-order valence-electron chi connectivity index (χ3n) is 6.77. The van der Waals surface area contributed by atoms with Crippen LogP contribution in [0.2, 0.25) is 0 Å². The van der Waals surface area contributed by atoms with E-state index in [0.29, 0.717) is 0 Å². The van der Waals surface area contributed by atoms with Crippen molar-refractivity contribution >= 4 is 23.4 Å². The van der Waals surface area contributed by atoms with Gasteiger partial charge in [-0.15, -0.1) is 0 Å². The number of rotatable bonds is 6. The number of aliphatic imine (C=N–C) groups is 1. The molecule has 3 heterocycles. The van der Waals surface area contributed by atoms with Crippen molar-refractivity contribution in [1.29, 1.82) is 0 Å². The van der Waals surface area contributed by atoms with Crippen LogP contribution in [0.15, 0.2) is 29.3 Å². The van der Waals surface area contributed by atoms with Crippen LogP contribution in [0.5, 0.6) is 0 Å². The highest BCUT2D eigenvalue weighted by Crippen LogP contribution is 2.33. The van der Waals surface area contributed by atoms with Gasteiger partial charge in [0.15, 0.2) is 5.96 Å². The van der Waals surface area contributed by atoms with E-state index in [1.165, 1.54) is 55.1 Å². The van der Waals surface area contributed by atoms with E-state index < -0.39 is 0 Å². The molecule has 3 fully saturated rings. The predicted molar refractivity (Wildman–Crippen MR) is 128 cm³/mol. The molecule has 2 atom stereocenters. The van der Waals surface area contributed by atoms with Gasteiger partial charge in [0.25, 0.3) is 0 Å². The van der Waals surface area contributed by atoms with Crippen molar-refractivity contribution in [1.82, 2.24) is 15.5 Å². The van der Waals surface area contributed by atoms with Crippen LogP contribution in [0.3, 0.4) is 0 Å². The molecule has 0 aromatic heterocycles. The van der Waals surface area contributed by atoms with Crippen molar-refractivity contribution in [3.8, 4) is 0 Å². The molecule has 0 saturated carbocycles. The Balaban J connectivity index is 1.36. The van der Waals surface area contributed by atoms with Gasteiger partial charge in [-0.05, 0) is 49.6 Å². The lowest BCUT2D eigenvalue weighted by Gasteiger charge is -2.43. The van der Waals surface area contributed by atoms with Gasteiger partial charge in [-0.25, -0.2) is 0 Å². The van der Waals surface area contributed by atoms with Crippen LogP contribution < -0.4 is 15.5 Å². The molecule has 0 radical (unpaired) electrons. The number of guanidine groups is 1. The second-order valence-electron chi connectivity index (χ2n) is 8.71. The first-order chi connectivity index (χ1) is 14.7. The average molecular weight is 432 g/mol. The summed E-state index contributed by atoms with van der Waals surface area (Å²) in [6.45, 7) is 9.28. The van der Waals surface area contributed by atoms with Crippen LogP contribution in [0.25, 0.3) is 0 Å². The summed E-state index contributed by atoms with van der Waals surface area (Å²) in [7, 11) is 1.87. The molecule has 6 nitrogen and oxygen atoms in total. The quantitative estimate of drug-likeness (QED) is 0.534. The highest BCUT2D eigenvalue weighted by molar-refractivity contribution is 7.99. The van der Waals surface area contributed by atoms with Crippen LogP contribution in [0.1, 0.15) is 37.8 Å². The van der Waals surface area contributed by atoms with Crippen molar-refractivity contribution in [3.63, 3.8) is 0 Å². The first kappa shape index (κ1) is 21.8. The van der Waals surface area contributed by atoms with Crippen molar-refractivity contribution in [2.75, 3.05) is 69.4 Å². The number of nitrogens with one attached hydrogen (secondary N) is 2. The molecule has 1 aromatic rings. The molecular weight excluding hydrogens is 394 g/mol. The first-order valence-electron chi connectivity index (χ1n) is 11.4. The Morgan fingerprint density at radius 3 is 2.73 bits per heavy atom. The molecule has 30 heavy (non-hydrogen) atoms. The lowest BCUT2D eigenvalue weighted by Crippen LogP contribution is -2.60. The molecule has 0 bridgehead atoms. The van der Waals surface area contributed by atoms with Crippen LogP contribution in [-0.4, -0.2) is 80.9 Å². The third kappa shape index (κ3) is 5.06. The van der Waals surface area contributed by atoms with E-state index in [4.69, 9.17) is 4.74 Å². The molecule has 7 heteroatoms. The Morgan fingerprint density at radius 2 is 2.03 bits per heavy atom. The minimum absolute atomic E-state index is 0.205. The molecule has 2 unspecified atom stereocenters. The van der Waals surface area contributed by atoms with Gasteiger partial charge >= 0.3 is 0 Å². The number of thioether (sulfide) groups is 1. The van der Waals surface area contributed by atoms with Crippen LogP contribution >= 0.6 is 11.8 Å². The molecule has 166 valence electrons. The van der Waals surface area contributed by atoms with Gasteiger partial charge in [-0.3, -0.25) is 9.89 Å². The summed E-state index contributed by atoms with van der Waals surface area (Å²) in [5.74, 6) is 3.31. The fourth-order valence-corrected chi connectivity index (χ4v) is 6.31. The number of anilines is 1. The Labute approximate surface area is 185 Å². The van der Waals surface area contributed by atoms with Gasteiger partial charge in [0.2, 0.25) is 0 Å². The smallest absolute Gasteiger partial charge is 0.191 e. The Bertz CT molecular complexity index is 709. The molecular formula is C23H37N5OS. The fraction of sp³-hybridized carbons (Fsp3) is 0.696. The summed E-state index contributed by atoms with van der Waals surface area (Å²) < 4.78 is 5.59. The summed E-state index contributed by atoms with van der Waals surface area (Å²) in [4.78, 5) is 9.66. The molecule has 1 aromatic carbocycles. The predicted octanol–water partition coefficient (Wildman–Crippen LogP) is 2.72. The zero-order valence-corrected chi connectivity index (χ0v) is 19.3. The van der Waals surface area contributed by atoms with E-state index in [0.717, 1.165) is 38.8 Å². The second-order valence-corrected chi connectivity index (χ2v) is 9.81. The normalized spacial score (nSPS) is 26.7. The zero-order valence-electron chi connectivity index (χ0n) is 18.5. The van der Waals surface area contributed by atoms with E-state index in [1.807, 2.05) is 7.05 Å². The van der Waals surface area contributed by atoms with Crippen LogP contribution in [0, 0.1) is 0 Å². The van der Waals surface area contributed by atoms with Gasteiger partial charge in [0.1, 0.15) is 0 Å². The Kier molecular flexibility index (Phi) is 7.44. The summed E-state index contributed by atoms with van der Waals surface area (Å²) in [6, 6.07) is 9.17. The third-order valence-corrected chi connectivity index (χ3v) is 8.00. The molecule has 0 spiro atoms. The monoisotopic (exact) mass is 431 g/mol. The number of ether oxygens (including phenoxy) is 1. The van der Waals surface area contributed by atoms with E-state index in [9.17, 15) is 0 Å². The standard InChI is InChI=1S/C23H37N5OS/c1-19(20-6-5-7-21(16-20)27-9-3-4-10-27)26-22(24-2)25-17-23(8-15-30-18-23)28-11-13-29-14-12-28/h5-7,16,19H,3-4,8-15,17-18H2,1-2H3,(H2,24,25,26). The number of nitrogens with zero attached hydrogens (tertiary/aromatic N) is 3. The van der Waals surface area contributed by atoms with Gasteiger partial charge < -0.3 is 20.3 Å². The Hall–Kier alpha value is -1.44. The van der Waals surface area contributed by atoms with Gasteiger partial charge in [-0.1, -0.05) is 12.1 Å². The van der Waals surface area contributed by atoms with E-state index >= 15 is 0 Å². The molecule has 3 aliphatic heterocycles. The van der Waals surface area contributed by atoms with Crippen molar-refractivity contribution in [2.24, 2.45) is 4.99 Å². The van der Waals surface area contributed by atoms with Gasteiger partial charge in [-0.2, -0.15) is 11.8 Å². The second kappa shape index (κ2) is 10.2. The highest BCUT2D eigenvalue weighted by Gasteiger charge is 2.40. The number of morpholine rings is 1. The summed E-state index contributed by atoms with van der Waals surface area (Å²) in [5, 5.41) is 7.27. The highest BCUT2D eigenvalue weighted by atomic mass is 32.2. The lowest BCUT2D eigenvalue weighted by molar-refractivity contribution is -0.0120. The summed E-state index contributed by atoms with van der Waals surface area (Å²) >= 11 is 2.07. The molecule has 0 aliphatic carbocycles. The largest absolute Gasteiger partial charge is 0.379 e. The van der Waals surface area contributed by atoms with Crippen molar-refractivity contribution in [3.05, 3.63) is 29.8 Å². The van der Waals surface area contributed by atoms with Crippen molar-refractivity contribution in [2.45, 2.75) is 37.8 Å². The fourth-order valence-electron chi connectivity index (χ4n) is 4.83. The van der Waals surface area contributed by atoms with Crippen LogP contribution in [0.4, 0.5) is 5.69 Å². The average Bonchev–Trinajstić information content (AvgIpc) is 3.50. The first-order valence-corrected chi connectivity index (χ1v) is 12.6. The maximum atomic E-state index is 5.59. The lowest BCUT2D eigenvalue weighted by atomic mass is 9.95. The van der Waals surface area contributed by atoms with Crippen LogP contribution in [-0.2, 0) is 4.74 Å². The van der Waals surface area contributed by atoms with Gasteiger partial charge in [0.05, 0.1) is 19.3 Å². The number of hydrogen-bond acceptors (Lipinski definition) is 5. The van der Waals surface area contributed by atoms with Gasteiger partial charge in [0, 0.05) is 56.8 Å². The topological polar surface area (TPSA) is 52.1 Å². The zero-order chi connectivity index (χ0) is 20.8.